The molecule has 1 amide bonds. The van der Waals surface area contributed by atoms with Crippen LogP contribution in [0.5, 0.6) is 0 Å². The molecule has 0 N–H and O–H groups in total. The lowest BCUT2D eigenvalue weighted by molar-refractivity contribution is 0.0698. The van der Waals surface area contributed by atoms with Gasteiger partial charge in [0.15, 0.2) is 0 Å². The molecular formula is C12H14BrClN2O3S. The van der Waals surface area contributed by atoms with Crippen molar-refractivity contribution >= 4 is 43.5 Å². The number of benzene rings is 1. The minimum absolute atomic E-state index is 0.115. The number of nitrogens with zero attached hydrogens (tertiary/aromatic N) is 2. The van der Waals surface area contributed by atoms with E-state index in [0.717, 1.165) is 0 Å². The van der Waals surface area contributed by atoms with E-state index < -0.39 is 10.0 Å². The van der Waals surface area contributed by atoms with Gasteiger partial charge in [-0.15, -0.1) is 0 Å². The molecule has 0 radical (unpaired) electrons. The van der Waals surface area contributed by atoms with E-state index >= 15 is 0 Å². The van der Waals surface area contributed by atoms with Crippen molar-refractivity contribution in [2.75, 3.05) is 32.4 Å². The second-order valence-corrected chi connectivity index (χ2v) is 7.83. The van der Waals surface area contributed by atoms with Crippen LogP contribution >= 0.6 is 27.5 Å². The van der Waals surface area contributed by atoms with Crippen LogP contribution in [0.4, 0.5) is 0 Å². The molecule has 1 aromatic carbocycles. The lowest BCUT2D eigenvalue weighted by Gasteiger charge is -2.33. The highest BCUT2D eigenvalue weighted by Crippen LogP contribution is 2.24. The summed E-state index contributed by atoms with van der Waals surface area (Å²) in [7, 11) is -3.18. The molecule has 0 aromatic heterocycles. The van der Waals surface area contributed by atoms with Gasteiger partial charge in [0.05, 0.1) is 11.3 Å². The zero-order valence-corrected chi connectivity index (χ0v) is 14.0. The fourth-order valence-corrected chi connectivity index (χ4v) is 3.36. The van der Waals surface area contributed by atoms with Gasteiger partial charge in [-0.3, -0.25) is 4.79 Å². The number of carbonyl (C=O) groups excluding carboxylic acids is 1. The second-order valence-electron chi connectivity index (χ2n) is 4.58. The smallest absolute Gasteiger partial charge is 0.253 e. The molecule has 2 rings (SSSR count). The molecule has 110 valence electrons. The van der Waals surface area contributed by atoms with E-state index in [0.29, 0.717) is 41.2 Å². The minimum atomic E-state index is -3.18. The number of piperazine rings is 1. The number of carbonyl (C=O) groups is 1. The van der Waals surface area contributed by atoms with Gasteiger partial charge in [-0.2, -0.15) is 4.31 Å². The number of hydrogen-bond donors (Lipinski definition) is 0. The van der Waals surface area contributed by atoms with Gasteiger partial charge in [0, 0.05) is 36.2 Å². The Morgan fingerprint density at radius 1 is 1.25 bits per heavy atom. The van der Waals surface area contributed by atoms with Gasteiger partial charge >= 0.3 is 0 Å². The lowest BCUT2D eigenvalue weighted by Crippen LogP contribution is -2.50. The lowest BCUT2D eigenvalue weighted by atomic mass is 10.2. The monoisotopic (exact) mass is 380 g/mol. The average Bonchev–Trinajstić information content (AvgIpc) is 2.40. The van der Waals surface area contributed by atoms with E-state index in [2.05, 4.69) is 15.9 Å². The maximum atomic E-state index is 12.3. The summed E-state index contributed by atoms with van der Waals surface area (Å²) >= 11 is 9.18. The van der Waals surface area contributed by atoms with Gasteiger partial charge in [0.25, 0.3) is 5.91 Å². The van der Waals surface area contributed by atoms with Crippen molar-refractivity contribution in [2.24, 2.45) is 0 Å². The summed E-state index contributed by atoms with van der Waals surface area (Å²) in [5, 5.41) is 0.545. The van der Waals surface area contributed by atoms with Gasteiger partial charge in [0.1, 0.15) is 0 Å². The third-order valence-electron chi connectivity index (χ3n) is 3.16. The van der Waals surface area contributed by atoms with E-state index in [1.807, 2.05) is 0 Å². The van der Waals surface area contributed by atoms with Gasteiger partial charge in [0.2, 0.25) is 10.0 Å². The predicted octanol–water partition coefficient (Wildman–Crippen LogP) is 1.82. The summed E-state index contributed by atoms with van der Waals surface area (Å²) < 4.78 is 24.9. The summed E-state index contributed by atoms with van der Waals surface area (Å²) in [5.41, 5.74) is 0.536. The van der Waals surface area contributed by atoms with Crippen LogP contribution in [0.1, 0.15) is 10.4 Å². The Balaban J connectivity index is 2.07. The molecular weight excluding hydrogens is 368 g/mol. The first-order valence-corrected chi connectivity index (χ1v) is 9.00. The highest BCUT2D eigenvalue weighted by atomic mass is 79.9. The average molecular weight is 382 g/mol. The predicted molar refractivity (Wildman–Crippen MR) is 81.5 cm³/mol. The minimum Gasteiger partial charge on any atom is -0.336 e. The summed E-state index contributed by atoms with van der Waals surface area (Å²) in [6, 6.07) is 5.00. The normalized spacial score (nSPS) is 17.2. The molecule has 1 aliphatic heterocycles. The number of hydrogen-bond acceptors (Lipinski definition) is 3. The SMILES string of the molecule is CS(=O)(=O)N1CCN(C(=O)c2ccc(Cl)c(Br)c2)CC1. The summed E-state index contributed by atoms with van der Waals surface area (Å²) in [6.07, 6.45) is 1.18. The van der Waals surface area contributed by atoms with Crippen molar-refractivity contribution in [1.82, 2.24) is 9.21 Å². The molecule has 1 saturated heterocycles. The largest absolute Gasteiger partial charge is 0.336 e. The van der Waals surface area contributed by atoms with E-state index in [1.54, 1.807) is 23.1 Å². The summed E-state index contributed by atoms with van der Waals surface area (Å²) in [5.74, 6) is -0.115. The fourth-order valence-electron chi connectivity index (χ4n) is 2.03. The van der Waals surface area contributed by atoms with Crippen LogP contribution in [-0.4, -0.2) is 56.0 Å². The van der Waals surface area contributed by atoms with Crippen LogP contribution in [0.2, 0.25) is 5.02 Å². The number of amides is 1. The maximum Gasteiger partial charge on any atom is 0.253 e. The Bertz CT molecular complexity index is 628. The molecule has 0 bridgehead atoms. The molecule has 5 nitrogen and oxygen atoms in total. The van der Waals surface area contributed by atoms with E-state index in [1.165, 1.54) is 10.6 Å². The van der Waals surface area contributed by atoms with Crippen LogP contribution in [0.3, 0.4) is 0 Å². The molecule has 1 aromatic rings. The Hall–Kier alpha value is -0.630. The van der Waals surface area contributed by atoms with Crippen LogP contribution in [0, 0.1) is 0 Å². The molecule has 8 heteroatoms. The van der Waals surface area contributed by atoms with Crippen molar-refractivity contribution in [3.8, 4) is 0 Å². The third kappa shape index (κ3) is 3.52. The van der Waals surface area contributed by atoms with E-state index in [-0.39, 0.29) is 5.91 Å². The highest BCUT2D eigenvalue weighted by Gasteiger charge is 2.26. The molecule has 20 heavy (non-hydrogen) atoms. The number of rotatable bonds is 2. The quantitative estimate of drug-likeness (QED) is 0.785. The molecule has 1 heterocycles. The van der Waals surface area contributed by atoms with Gasteiger partial charge in [-0.1, -0.05) is 11.6 Å². The highest BCUT2D eigenvalue weighted by molar-refractivity contribution is 9.10. The van der Waals surface area contributed by atoms with Gasteiger partial charge in [-0.25, -0.2) is 8.42 Å². The molecule has 0 saturated carbocycles. The summed E-state index contributed by atoms with van der Waals surface area (Å²) in [4.78, 5) is 14.0. The Morgan fingerprint density at radius 2 is 1.85 bits per heavy atom. The first-order valence-electron chi connectivity index (χ1n) is 5.98. The van der Waals surface area contributed by atoms with Crippen LogP contribution in [-0.2, 0) is 10.0 Å². The van der Waals surface area contributed by atoms with Gasteiger partial charge < -0.3 is 4.90 Å². The van der Waals surface area contributed by atoms with Crippen molar-refractivity contribution in [1.29, 1.82) is 0 Å². The van der Waals surface area contributed by atoms with E-state index in [4.69, 9.17) is 11.6 Å². The first kappa shape index (κ1) is 15.8. The fraction of sp³-hybridized carbons (Fsp3) is 0.417. The molecule has 0 atom stereocenters. The topological polar surface area (TPSA) is 57.7 Å². The Morgan fingerprint density at radius 3 is 2.35 bits per heavy atom. The molecule has 1 aliphatic rings. The standard InChI is InChI=1S/C12H14BrClN2O3S/c1-20(18,19)16-6-4-15(5-7-16)12(17)9-2-3-11(14)10(13)8-9/h2-3,8H,4-7H2,1H3. The van der Waals surface area contributed by atoms with Crippen LogP contribution in [0.25, 0.3) is 0 Å². The second kappa shape index (κ2) is 6.01. The maximum absolute atomic E-state index is 12.3. The van der Waals surface area contributed by atoms with Gasteiger partial charge in [-0.05, 0) is 34.1 Å². The van der Waals surface area contributed by atoms with Crippen LogP contribution < -0.4 is 0 Å². The van der Waals surface area contributed by atoms with Crippen LogP contribution in [0.15, 0.2) is 22.7 Å². The first-order chi connectivity index (χ1) is 9.29. The molecule has 0 spiro atoms. The van der Waals surface area contributed by atoms with Crippen molar-refractivity contribution in [3.05, 3.63) is 33.3 Å². The van der Waals surface area contributed by atoms with Crippen molar-refractivity contribution in [3.63, 3.8) is 0 Å². The Kier molecular flexibility index (Phi) is 4.73. The third-order valence-corrected chi connectivity index (χ3v) is 5.68. The van der Waals surface area contributed by atoms with Crippen molar-refractivity contribution in [2.45, 2.75) is 0 Å². The number of sulfonamides is 1. The number of halogens is 2. The van der Waals surface area contributed by atoms with Crippen molar-refractivity contribution < 1.29 is 13.2 Å². The molecule has 0 unspecified atom stereocenters. The summed E-state index contributed by atoms with van der Waals surface area (Å²) in [6.45, 7) is 1.46. The Labute approximate surface area is 131 Å². The van der Waals surface area contributed by atoms with E-state index in [9.17, 15) is 13.2 Å². The zero-order chi connectivity index (χ0) is 14.9. The molecule has 1 fully saturated rings. The molecule has 0 aliphatic carbocycles. The zero-order valence-electron chi connectivity index (χ0n) is 10.8.